The van der Waals surface area contributed by atoms with Gasteiger partial charge in [0.15, 0.2) is 0 Å². The van der Waals surface area contributed by atoms with Crippen molar-refractivity contribution < 1.29 is 18.3 Å². The number of rotatable bonds is 3. The average Bonchev–Trinajstić information content (AvgIpc) is 2.65. The third-order valence-electron chi connectivity index (χ3n) is 2.73. The van der Waals surface area contributed by atoms with E-state index in [2.05, 4.69) is 10.3 Å². The van der Waals surface area contributed by atoms with Crippen LogP contribution in [0.25, 0.3) is 0 Å². The van der Waals surface area contributed by atoms with Crippen molar-refractivity contribution in [2.24, 2.45) is 0 Å². The third kappa shape index (κ3) is 5.28. The van der Waals surface area contributed by atoms with Crippen LogP contribution in [0.15, 0.2) is 18.2 Å². The summed E-state index contributed by atoms with van der Waals surface area (Å²) in [6, 6.07) is 3.35. The average molecular weight is 340 g/mol. The fourth-order valence-electron chi connectivity index (χ4n) is 1.93. The van der Waals surface area contributed by atoms with Crippen molar-refractivity contribution >= 4 is 22.4 Å². The fourth-order valence-corrected chi connectivity index (χ4v) is 2.91. The first-order valence-corrected chi connectivity index (χ1v) is 7.85. The summed E-state index contributed by atoms with van der Waals surface area (Å²) < 4.78 is 31.6. The first-order valence-electron chi connectivity index (χ1n) is 7.03. The molecule has 2 rings (SSSR count). The molecule has 0 saturated heterocycles. The first-order chi connectivity index (χ1) is 10.6. The number of benzene rings is 1. The summed E-state index contributed by atoms with van der Waals surface area (Å²) in [6.45, 7) is 7.07. The van der Waals surface area contributed by atoms with Crippen molar-refractivity contribution in [2.45, 2.75) is 39.7 Å². The highest BCUT2D eigenvalue weighted by molar-refractivity contribution is 7.16. The van der Waals surface area contributed by atoms with Crippen LogP contribution in [0.1, 0.15) is 37.0 Å². The minimum atomic E-state index is -0.625. The lowest BCUT2D eigenvalue weighted by molar-refractivity contribution is 0.0636. The highest BCUT2D eigenvalue weighted by Gasteiger charge is 2.18. The number of carbonyl (C=O) groups is 1. The molecule has 1 amide bonds. The number of ether oxygens (including phenoxy) is 1. The van der Waals surface area contributed by atoms with Crippen LogP contribution in [0.3, 0.4) is 0 Å². The van der Waals surface area contributed by atoms with Crippen molar-refractivity contribution in [3.05, 3.63) is 46.1 Å². The third-order valence-corrected chi connectivity index (χ3v) is 3.81. The van der Waals surface area contributed by atoms with Crippen LogP contribution in [-0.2, 0) is 11.2 Å². The second-order valence-corrected chi connectivity index (χ2v) is 7.19. The number of nitrogens with zero attached hydrogens (tertiary/aromatic N) is 1. The van der Waals surface area contributed by atoms with E-state index in [0.717, 1.165) is 6.07 Å². The Balaban J connectivity index is 2.10. The number of aromatic nitrogens is 1. The molecule has 1 aromatic heterocycles. The maximum Gasteiger partial charge on any atom is 0.412 e. The lowest BCUT2D eigenvalue weighted by atomic mass is 10.1. The molecule has 4 nitrogen and oxygen atoms in total. The molecule has 0 saturated carbocycles. The van der Waals surface area contributed by atoms with Crippen molar-refractivity contribution in [1.82, 2.24) is 4.98 Å². The lowest BCUT2D eigenvalue weighted by Gasteiger charge is -2.19. The SMILES string of the molecule is Cc1nc(Cc2cc(F)cc(F)c2)sc1NC(=O)OC(C)(C)C. The molecule has 0 spiro atoms. The Morgan fingerprint density at radius 2 is 1.87 bits per heavy atom. The molecule has 2 aromatic rings. The molecule has 0 aliphatic carbocycles. The number of halogens is 2. The molecule has 1 heterocycles. The predicted octanol–water partition coefficient (Wildman–Crippen LogP) is 4.67. The van der Waals surface area contributed by atoms with Crippen molar-refractivity contribution in [3.8, 4) is 0 Å². The summed E-state index contributed by atoms with van der Waals surface area (Å²) in [4.78, 5) is 16.1. The van der Waals surface area contributed by atoms with Gasteiger partial charge in [-0.15, -0.1) is 11.3 Å². The van der Waals surface area contributed by atoms with Crippen LogP contribution in [0.2, 0.25) is 0 Å². The number of carbonyl (C=O) groups excluding carboxylic acids is 1. The molecule has 0 bridgehead atoms. The Labute approximate surface area is 137 Å². The van der Waals surface area contributed by atoms with Gasteiger partial charge in [-0.05, 0) is 45.4 Å². The number of hydrogen-bond acceptors (Lipinski definition) is 4. The molecule has 0 unspecified atom stereocenters. The molecule has 0 aliphatic rings. The number of thiazole rings is 1. The molecule has 1 aromatic carbocycles. The van der Waals surface area contributed by atoms with E-state index in [1.807, 2.05) is 0 Å². The Kier molecular flexibility index (Phi) is 4.99. The number of amides is 1. The van der Waals surface area contributed by atoms with E-state index in [-0.39, 0.29) is 6.42 Å². The molecule has 23 heavy (non-hydrogen) atoms. The Hall–Kier alpha value is -2.02. The zero-order valence-electron chi connectivity index (χ0n) is 13.4. The van der Waals surface area contributed by atoms with Crippen LogP contribution in [-0.4, -0.2) is 16.7 Å². The molecule has 0 atom stereocenters. The zero-order chi connectivity index (χ0) is 17.2. The molecule has 124 valence electrons. The topological polar surface area (TPSA) is 51.2 Å². The van der Waals surface area contributed by atoms with Crippen LogP contribution < -0.4 is 5.32 Å². The van der Waals surface area contributed by atoms with E-state index in [9.17, 15) is 13.6 Å². The van der Waals surface area contributed by atoms with Gasteiger partial charge in [0.05, 0.1) is 10.7 Å². The van der Waals surface area contributed by atoms with Crippen LogP contribution in [0.5, 0.6) is 0 Å². The molecule has 7 heteroatoms. The number of nitrogens with one attached hydrogen (secondary N) is 1. The van der Waals surface area contributed by atoms with E-state index in [4.69, 9.17) is 4.74 Å². The van der Waals surface area contributed by atoms with E-state index in [1.54, 1.807) is 27.7 Å². The fraction of sp³-hybridized carbons (Fsp3) is 0.375. The largest absolute Gasteiger partial charge is 0.444 e. The summed E-state index contributed by atoms with van der Waals surface area (Å²) in [5, 5.41) is 3.86. The van der Waals surface area contributed by atoms with E-state index in [1.165, 1.54) is 23.5 Å². The van der Waals surface area contributed by atoms with Gasteiger partial charge < -0.3 is 4.74 Å². The summed E-state index contributed by atoms with van der Waals surface area (Å²) >= 11 is 1.25. The van der Waals surface area contributed by atoms with Gasteiger partial charge >= 0.3 is 6.09 Å². The van der Waals surface area contributed by atoms with Gasteiger partial charge in [-0.3, -0.25) is 5.32 Å². The molecule has 0 radical (unpaired) electrons. The molecular formula is C16H18F2N2O2S. The standard InChI is InChI=1S/C16H18F2N2O2S/c1-9-14(20-15(21)22-16(2,3)4)23-13(19-9)7-10-5-11(17)8-12(18)6-10/h5-6,8H,7H2,1-4H3,(H,20,21). The van der Waals surface area contributed by atoms with E-state index < -0.39 is 23.3 Å². The van der Waals surface area contributed by atoms with Crippen molar-refractivity contribution in [2.75, 3.05) is 5.32 Å². The molecular weight excluding hydrogens is 322 g/mol. The quantitative estimate of drug-likeness (QED) is 0.883. The second kappa shape index (κ2) is 6.62. The summed E-state index contributed by atoms with van der Waals surface area (Å²) in [6.07, 6.45) is -0.275. The zero-order valence-corrected chi connectivity index (χ0v) is 14.2. The number of anilines is 1. The molecule has 0 fully saturated rings. The monoisotopic (exact) mass is 340 g/mol. The summed E-state index contributed by atoms with van der Waals surface area (Å²) in [5.41, 5.74) is 0.526. The minimum Gasteiger partial charge on any atom is -0.444 e. The highest BCUT2D eigenvalue weighted by Crippen LogP contribution is 2.27. The van der Waals surface area contributed by atoms with Gasteiger partial charge in [-0.2, -0.15) is 0 Å². The van der Waals surface area contributed by atoms with Gasteiger partial charge in [0.25, 0.3) is 0 Å². The molecule has 1 N–H and O–H groups in total. The second-order valence-electron chi connectivity index (χ2n) is 6.10. The van der Waals surface area contributed by atoms with Gasteiger partial charge in [-0.25, -0.2) is 18.6 Å². The normalized spacial score (nSPS) is 11.4. The van der Waals surface area contributed by atoms with Crippen LogP contribution in [0, 0.1) is 18.6 Å². The lowest BCUT2D eigenvalue weighted by Crippen LogP contribution is -2.27. The first kappa shape index (κ1) is 17.3. The highest BCUT2D eigenvalue weighted by atomic mass is 32.1. The Morgan fingerprint density at radius 3 is 2.43 bits per heavy atom. The van der Waals surface area contributed by atoms with Crippen LogP contribution >= 0.6 is 11.3 Å². The van der Waals surface area contributed by atoms with E-state index in [0.29, 0.717) is 21.3 Å². The predicted molar refractivity (Wildman–Crippen MR) is 85.9 cm³/mol. The number of aryl methyl sites for hydroxylation is 1. The maximum absolute atomic E-state index is 13.2. The number of hydrogen-bond donors (Lipinski definition) is 1. The molecule has 0 aliphatic heterocycles. The smallest absolute Gasteiger partial charge is 0.412 e. The van der Waals surface area contributed by atoms with Gasteiger partial charge in [0.1, 0.15) is 22.2 Å². The van der Waals surface area contributed by atoms with Gasteiger partial charge in [0.2, 0.25) is 0 Å². The Morgan fingerprint density at radius 1 is 1.26 bits per heavy atom. The maximum atomic E-state index is 13.2. The minimum absolute atomic E-state index is 0.288. The van der Waals surface area contributed by atoms with Gasteiger partial charge in [0, 0.05) is 12.5 Å². The summed E-state index contributed by atoms with van der Waals surface area (Å²) in [7, 11) is 0. The van der Waals surface area contributed by atoms with Gasteiger partial charge in [-0.1, -0.05) is 0 Å². The summed E-state index contributed by atoms with van der Waals surface area (Å²) in [5.74, 6) is -1.25. The van der Waals surface area contributed by atoms with Crippen molar-refractivity contribution in [3.63, 3.8) is 0 Å². The van der Waals surface area contributed by atoms with E-state index >= 15 is 0 Å². The van der Waals surface area contributed by atoms with Crippen LogP contribution in [0.4, 0.5) is 18.6 Å². The van der Waals surface area contributed by atoms with Crippen molar-refractivity contribution in [1.29, 1.82) is 0 Å². The Bertz CT molecular complexity index is 703.